The lowest BCUT2D eigenvalue weighted by Crippen LogP contribution is -2.33. The van der Waals surface area contributed by atoms with Gasteiger partial charge in [-0.1, -0.05) is 18.5 Å². The number of carboxylic acid groups (broad SMARTS) is 1. The van der Waals surface area contributed by atoms with Gasteiger partial charge in [0.05, 0.1) is 21.8 Å². The molecule has 110 valence electrons. The van der Waals surface area contributed by atoms with E-state index in [1.165, 1.54) is 6.42 Å². The van der Waals surface area contributed by atoms with Crippen LogP contribution in [0.3, 0.4) is 0 Å². The Hall–Kier alpha value is -1.03. The van der Waals surface area contributed by atoms with Crippen LogP contribution >= 0.6 is 11.6 Å². The molecule has 1 N–H and O–H groups in total. The summed E-state index contributed by atoms with van der Waals surface area (Å²) in [7, 11) is 0. The van der Waals surface area contributed by atoms with Crippen molar-refractivity contribution in [2.75, 3.05) is 0 Å². The molecule has 0 aromatic carbocycles. The highest BCUT2D eigenvalue weighted by atomic mass is 35.5. The predicted molar refractivity (Wildman–Crippen MR) is 76.9 cm³/mol. The van der Waals surface area contributed by atoms with Crippen LogP contribution in [0.1, 0.15) is 44.5 Å². The number of nitrogens with zero attached hydrogens (tertiary/aromatic N) is 2. The van der Waals surface area contributed by atoms with E-state index in [2.05, 4.69) is 5.10 Å². The van der Waals surface area contributed by atoms with E-state index in [0.29, 0.717) is 23.3 Å². The number of halogens is 1. The molecule has 2 aliphatic carbocycles. The topological polar surface area (TPSA) is 55.1 Å². The maximum atomic E-state index is 11.8. The van der Waals surface area contributed by atoms with Gasteiger partial charge in [0, 0.05) is 13.0 Å². The smallest absolute Gasteiger partial charge is 0.310 e. The molecule has 0 amide bonds. The molecule has 20 heavy (non-hydrogen) atoms. The first-order valence-electron chi connectivity index (χ1n) is 7.48. The van der Waals surface area contributed by atoms with E-state index in [9.17, 15) is 9.90 Å². The molecule has 2 atom stereocenters. The zero-order chi connectivity index (χ0) is 14.5. The zero-order valence-electron chi connectivity index (χ0n) is 12.0. The minimum absolute atomic E-state index is 0.523. The summed E-state index contributed by atoms with van der Waals surface area (Å²) in [6, 6.07) is 0. The van der Waals surface area contributed by atoms with E-state index in [0.717, 1.165) is 37.2 Å². The van der Waals surface area contributed by atoms with Gasteiger partial charge >= 0.3 is 5.97 Å². The first kappa shape index (κ1) is 13.9. The lowest BCUT2D eigenvalue weighted by Gasteiger charge is -2.26. The van der Waals surface area contributed by atoms with Gasteiger partial charge in [-0.2, -0.15) is 5.10 Å². The molecule has 2 fully saturated rings. The highest BCUT2D eigenvalue weighted by Crippen LogP contribution is 2.61. The Labute approximate surface area is 124 Å². The summed E-state index contributed by atoms with van der Waals surface area (Å²) in [4.78, 5) is 11.8. The number of rotatable bonds is 5. The number of carboxylic acids is 1. The first-order chi connectivity index (χ1) is 9.50. The second-order valence-corrected chi connectivity index (χ2v) is 6.68. The summed E-state index contributed by atoms with van der Waals surface area (Å²) >= 11 is 6.42. The quantitative estimate of drug-likeness (QED) is 0.908. The monoisotopic (exact) mass is 296 g/mol. The number of hydrogen-bond acceptors (Lipinski definition) is 2. The molecular weight excluding hydrogens is 276 g/mol. The Kier molecular flexibility index (Phi) is 3.32. The van der Waals surface area contributed by atoms with Crippen LogP contribution in [-0.4, -0.2) is 20.9 Å². The summed E-state index contributed by atoms with van der Waals surface area (Å²) in [6.07, 6.45) is 4.13. The molecule has 0 spiro atoms. The van der Waals surface area contributed by atoms with Crippen LogP contribution in [0.2, 0.25) is 5.02 Å². The van der Waals surface area contributed by atoms with Gasteiger partial charge in [0.25, 0.3) is 0 Å². The van der Waals surface area contributed by atoms with E-state index in [-0.39, 0.29) is 0 Å². The third-order valence-corrected chi connectivity index (χ3v) is 5.46. The fourth-order valence-corrected chi connectivity index (χ4v) is 4.13. The molecule has 4 nitrogen and oxygen atoms in total. The van der Waals surface area contributed by atoms with E-state index >= 15 is 0 Å². The Balaban J connectivity index is 1.93. The highest BCUT2D eigenvalue weighted by molar-refractivity contribution is 6.31. The third kappa shape index (κ3) is 2.05. The Morgan fingerprint density at radius 1 is 1.45 bits per heavy atom. The van der Waals surface area contributed by atoms with Gasteiger partial charge in [0.15, 0.2) is 0 Å². The van der Waals surface area contributed by atoms with Crippen LogP contribution in [0.4, 0.5) is 0 Å². The second kappa shape index (κ2) is 4.76. The molecule has 0 aliphatic heterocycles. The van der Waals surface area contributed by atoms with Crippen molar-refractivity contribution in [2.24, 2.45) is 17.3 Å². The van der Waals surface area contributed by atoms with E-state index < -0.39 is 11.4 Å². The molecule has 0 bridgehead atoms. The minimum Gasteiger partial charge on any atom is -0.481 e. The molecule has 0 radical (unpaired) electrons. The molecule has 5 heteroatoms. The average Bonchev–Trinajstić information content (AvgIpc) is 2.92. The van der Waals surface area contributed by atoms with Crippen molar-refractivity contribution in [1.82, 2.24) is 9.78 Å². The fraction of sp³-hybridized carbons (Fsp3) is 0.733. The predicted octanol–water partition coefficient (Wildman–Crippen LogP) is 3.16. The number of aryl methyl sites for hydroxylation is 2. The molecule has 2 saturated carbocycles. The number of aromatic nitrogens is 2. The molecule has 0 saturated heterocycles. The van der Waals surface area contributed by atoms with Crippen LogP contribution in [0.5, 0.6) is 0 Å². The number of hydrogen-bond donors (Lipinski definition) is 1. The largest absolute Gasteiger partial charge is 0.481 e. The van der Waals surface area contributed by atoms with Gasteiger partial charge in [-0.3, -0.25) is 9.48 Å². The van der Waals surface area contributed by atoms with E-state index in [1.807, 2.05) is 18.5 Å². The van der Waals surface area contributed by atoms with Crippen LogP contribution < -0.4 is 0 Å². The summed E-state index contributed by atoms with van der Waals surface area (Å²) in [5.41, 5.74) is 1.18. The average molecular weight is 297 g/mol. The normalized spacial score (nSPS) is 31.4. The molecule has 1 aromatic rings. The number of aliphatic carboxylic acids is 1. The Bertz CT molecular complexity index is 542. The first-order valence-corrected chi connectivity index (χ1v) is 7.86. The molecule has 1 heterocycles. The zero-order valence-corrected chi connectivity index (χ0v) is 12.8. The van der Waals surface area contributed by atoms with Crippen molar-refractivity contribution in [2.45, 2.75) is 52.5 Å². The molecule has 3 rings (SSSR count). The van der Waals surface area contributed by atoms with Gasteiger partial charge in [0.1, 0.15) is 0 Å². The third-order valence-electron chi connectivity index (χ3n) is 5.03. The lowest BCUT2D eigenvalue weighted by atomic mass is 9.78. The van der Waals surface area contributed by atoms with Crippen molar-refractivity contribution >= 4 is 17.6 Å². The van der Waals surface area contributed by atoms with Gasteiger partial charge in [-0.05, 0) is 44.4 Å². The Morgan fingerprint density at radius 3 is 2.60 bits per heavy atom. The SMILES string of the molecule is CCc1nn(CC)c(CC2(C(=O)O)CC3CC3C2)c1Cl. The molecule has 2 aliphatic rings. The lowest BCUT2D eigenvalue weighted by molar-refractivity contribution is -0.149. The van der Waals surface area contributed by atoms with Crippen molar-refractivity contribution < 1.29 is 9.90 Å². The van der Waals surface area contributed by atoms with E-state index in [1.54, 1.807) is 0 Å². The summed E-state index contributed by atoms with van der Waals surface area (Å²) in [6.45, 7) is 4.78. The Morgan fingerprint density at radius 2 is 2.10 bits per heavy atom. The highest BCUT2D eigenvalue weighted by Gasteiger charge is 2.57. The molecule has 2 unspecified atom stereocenters. The standard InChI is InChI=1S/C15H21ClN2O2/c1-3-11-13(16)12(18(4-2)17-11)8-15(14(19)20)6-9-5-10(9)7-15/h9-10H,3-8H2,1-2H3,(H,19,20). The minimum atomic E-state index is -0.664. The fourth-order valence-electron chi connectivity index (χ4n) is 3.80. The second-order valence-electron chi connectivity index (χ2n) is 6.30. The summed E-state index contributed by atoms with van der Waals surface area (Å²) in [5.74, 6) is 0.602. The summed E-state index contributed by atoms with van der Waals surface area (Å²) < 4.78 is 1.88. The van der Waals surface area contributed by atoms with Crippen molar-refractivity contribution in [3.63, 3.8) is 0 Å². The van der Waals surface area contributed by atoms with Crippen LogP contribution in [0.15, 0.2) is 0 Å². The van der Waals surface area contributed by atoms with Crippen molar-refractivity contribution in [3.05, 3.63) is 16.4 Å². The van der Waals surface area contributed by atoms with Crippen molar-refractivity contribution in [1.29, 1.82) is 0 Å². The van der Waals surface area contributed by atoms with Gasteiger partial charge in [0.2, 0.25) is 0 Å². The van der Waals surface area contributed by atoms with Crippen LogP contribution in [0, 0.1) is 17.3 Å². The molecular formula is C15H21ClN2O2. The van der Waals surface area contributed by atoms with Gasteiger partial charge in [-0.15, -0.1) is 0 Å². The summed E-state index contributed by atoms with van der Waals surface area (Å²) in [5, 5.41) is 14.9. The van der Waals surface area contributed by atoms with E-state index in [4.69, 9.17) is 11.6 Å². The van der Waals surface area contributed by atoms with Gasteiger partial charge < -0.3 is 5.11 Å². The van der Waals surface area contributed by atoms with Crippen LogP contribution in [0.25, 0.3) is 0 Å². The number of carbonyl (C=O) groups is 1. The molecule has 1 aromatic heterocycles. The number of fused-ring (bicyclic) bond motifs is 1. The van der Waals surface area contributed by atoms with Crippen LogP contribution in [-0.2, 0) is 24.2 Å². The maximum absolute atomic E-state index is 11.8. The van der Waals surface area contributed by atoms with Gasteiger partial charge in [-0.25, -0.2) is 0 Å². The maximum Gasteiger partial charge on any atom is 0.310 e. The van der Waals surface area contributed by atoms with Crippen molar-refractivity contribution in [3.8, 4) is 0 Å².